The fourth-order valence-corrected chi connectivity index (χ4v) is 2.52. The lowest BCUT2D eigenvalue weighted by molar-refractivity contribution is -0.132. The molecule has 3 rings (SSSR count). The number of benzene rings is 1. The van der Waals surface area contributed by atoms with E-state index in [2.05, 4.69) is 10.00 Å². The van der Waals surface area contributed by atoms with Gasteiger partial charge in [0.25, 0.3) is 0 Å². The van der Waals surface area contributed by atoms with Gasteiger partial charge in [0.15, 0.2) is 0 Å². The third-order valence-electron chi connectivity index (χ3n) is 3.66. The Morgan fingerprint density at radius 1 is 1.19 bits per heavy atom. The van der Waals surface area contributed by atoms with Crippen LogP contribution in [-0.4, -0.2) is 46.8 Å². The van der Waals surface area contributed by atoms with Crippen LogP contribution in [0.3, 0.4) is 0 Å². The van der Waals surface area contributed by atoms with Gasteiger partial charge >= 0.3 is 0 Å². The fraction of sp³-hybridized carbons (Fsp3) is 0.333. The predicted octanol–water partition coefficient (Wildman–Crippen LogP) is 1.37. The Kier molecular flexibility index (Phi) is 3.85. The lowest BCUT2D eigenvalue weighted by atomic mass is 10.2. The fourth-order valence-electron chi connectivity index (χ4n) is 2.52. The van der Waals surface area contributed by atoms with E-state index < -0.39 is 0 Å². The smallest absolute Gasteiger partial charge is 0.244 e. The van der Waals surface area contributed by atoms with Crippen LogP contribution in [0.4, 0.5) is 10.1 Å². The number of hydrogen-bond donors (Lipinski definition) is 0. The molecule has 21 heavy (non-hydrogen) atoms. The van der Waals surface area contributed by atoms with Gasteiger partial charge in [-0.15, -0.1) is 0 Å². The SMILES string of the molecule is O=C(Cn1cccn1)N1CCN(c2cccc(F)c2)CC1. The number of halogens is 1. The highest BCUT2D eigenvalue weighted by molar-refractivity contribution is 5.76. The highest BCUT2D eigenvalue weighted by atomic mass is 19.1. The number of aromatic nitrogens is 2. The molecule has 0 saturated carbocycles. The van der Waals surface area contributed by atoms with Crippen molar-refractivity contribution in [2.24, 2.45) is 0 Å². The molecule has 0 bridgehead atoms. The first-order chi connectivity index (χ1) is 10.2. The van der Waals surface area contributed by atoms with Gasteiger partial charge in [-0.05, 0) is 24.3 Å². The minimum Gasteiger partial charge on any atom is -0.368 e. The van der Waals surface area contributed by atoms with Gasteiger partial charge in [-0.2, -0.15) is 5.10 Å². The van der Waals surface area contributed by atoms with Crippen molar-refractivity contribution in [2.75, 3.05) is 31.1 Å². The molecule has 110 valence electrons. The molecule has 0 unspecified atom stereocenters. The monoisotopic (exact) mass is 288 g/mol. The van der Waals surface area contributed by atoms with Crippen LogP contribution in [0.15, 0.2) is 42.7 Å². The minimum absolute atomic E-state index is 0.0672. The first kappa shape index (κ1) is 13.6. The van der Waals surface area contributed by atoms with Crippen LogP contribution in [-0.2, 0) is 11.3 Å². The van der Waals surface area contributed by atoms with E-state index in [-0.39, 0.29) is 18.3 Å². The molecule has 0 N–H and O–H groups in total. The minimum atomic E-state index is -0.232. The van der Waals surface area contributed by atoms with Gasteiger partial charge in [-0.1, -0.05) is 6.07 Å². The first-order valence-corrected chi connectivity index (χ1v) is 6.98. The van der Waals surface area contributed by atoms with Crippen molar-refractivity contribution in [3.8, 4) is 0 Å². The number of hydrogen-bond acceptors (Lipinski definition) is 3. The molecular formula is C15H17FN4O. The van der Waals surface area contributed by atoms with Crippen molar-refractivity contribution in [1.82, 2.24) is 14.7 Å². The third kappa shape index (κ3) is 3.21. The highest BCUT2D eigenvalue weighted by Gasteiger charge is 2.21. The van der Waals surface area contributed by atoms with E-state index in [0.717, 1.165) is 5.69 Å². The Balaban J connectivity index is 1.56. The van der Waals surface area contributed by atoms with Crippen molar-refractivity contribution in [3.05, 3.63) is 48.5 Å². The first-order valence-electron chi connectivity index (χ1n) is 6.98. The molecule has 1 aliphatic rings. The molecule has 1 saturated heterocycles. The second kappa shape index (κ2) is 5.95. The lowest BCUT2D eigenvalue weighted by Crippen LogP contribution is -2.49. The summed E-state index contributed by atoms with van der Waals surface area (Å²) >= 11 is 0. The Morgan fingerprint density at radius 3 is 2.67 bits per heavy atom. The third-order valence-corrected chi connectivity index (χ3v) is 3.66. The molecule has 1 aromatic carbocycles. The van der Waals surface area contributed by atoms with E-state index in [1.807, 2.05) is 11.0 Å². The maximum absolute atomic E-state index is 13.2. The van der Waals surface area contributed by atoms with Gasteiger partial charge in [0.2, 0.25) is 5.91 Å². The number of nitrogens with zero attached hydrogens (tertiary/aromatic N) is 4. The van der Waals surface area contributed by atoms with Gasteiger partial charge in [-0.25, -0.2) is 4.39 Å². The number of anilines is 1. The zero-order valence-corrected chi connectivity index (χ0v) is 11.7. The standard InChI is InChI=1S/C15H17FN4O/c16-13-3-1-4-14(11-13)18-7-9-19(10-8-18)15(21)12-20-6-2-5-17-20/h1-6,11H,7-10,12H2. The molecule has 1 aliphatic heterocycles. The van der Waals surface area contributed by atoms with E-state index in [1.54, 1.807) is 29.2 Å². The van der Waals surface area contributed by atoms with Crippen LogP contribution in [0.25, 0.3) is 0 Å². The summed E-state index contributed by atoms with van der Waals surface area (Å²) in [6, 6.07) is 8.37. The number of piperazine rings is 1. The van der Waals surface area contributed by atoms with Crippen LogP contribution >= 0.6 is 0 Å². The van der Waals surface area contributed by atoms with Gasteiger partial charge in [0.05, 0.1) is 0 Å². The maximum atomic E-state index is 13.2. The van der Waals surface area contributed by atoms with Gasteiger partial charge in [0, 0.05) is 44.3 Å². The topological polar surface area (TPSA) is 41.4 Å². The van der Waals surface area contributed by atoms with Crippen LogP contribution in [0.1, 0.15) is 0 Å². The largest absolute Gasteiger partial charge is 0.368 e. The average molecular weight is 288 g/mol. The summed E-state index contributed by atoms with van der Waals surface area (Å²) in [7, 11) is 0. The summed E-state index contributed by atoms with van der Waals surface area (Å²) in [4.78, 5) is 16.1. The number of carbonyl (C=O) groups excluding carboxylic acids is 1. The average Bonchev–Trinajstić information content (AvgIpc) is 3.00. The Bertz CT molecular complexity index is 606. The Hall–Kier alpha value is -2.37. The summed E-state index contributed by atoms with van der Waals surface area (Å²) in [5.41, 5.74) is 0.870. The summed E-state index contributed by atoms with van der Waals surface area (Å²) in [6.45, 7) is 3.00. The molecular weight excluding hydrogens is 271 g/mol. The summed E-state index contributed by atoms with van der Waals surface area (Å²) in [6.07, 6.45) is 3.44. The van der Waals surface area contributed by atoms with E-state index >= 15 is 0 Å². The molecule has 1 aromatic heterocycles. The summed E-state index contributed by atoms with van der Waals surface area (Å²) < 4.78 is 14.9. The lowest BCUT2D eigenvalue weighted by Gasteiger charge is -2.36. The zero-order chi connectivity index (χ0) is 14.7. The molecule has 2 heterocycles. The molecule has 6 heteroatoms. The van der Waals surface area contributed by atoms with Crippen molar-refractivity contribution < 1.29 is 9.18 Å². The second-order valence-electron chi connectivity index (χ2n) is 5.05. The molecule has 1 fully saturated rings. The summed E-state index contributed by atoms with van der Waals surface area (Å²) in [5, 5.41) is 4.04. The number of rotatable bonds is 3. The van der Waals surface area contributed by atoms with Gasteiger partial charge < -0.3 is 9.80 Å². The zero-order valence-electron chi connectivity index (χ0n) is 11.7. The molecule has 0 aliphatic carbocycles. The van der Waals surface area contributed by atoms with Crippen molar-refractivity contribution in [2.45, 2.75) is 6.54 Å². The molecule has 2 aromatic rings. The van der Waals surface area contributed by atoms with Gasteiger partial charge in [0.1, 0.15) is 12.4 Å². The molecule has 0 spiro atoms. The van der Waals surface area contributed by atoms with Crippen LogP contribution < -0.4 is 4.90 Å². The Morgan fingerprint density at radius 2 is 2.00 bits per heavy atom. The van der Waals surface area contributed by atoms with Crippen molar-refractivity contribution in [1.29, 1.82) is 0 Å². The van der Waals surface area contributed by atoms with E-state index in [4.69, 9.17) is 0 Å². The van der Waals surface area contributed by atoms with Crippen molar-refractivity contribution >= 4 is 11.6 Å². The van der Waals surface area contributed by atoms with E-state index in [9.17, 15) is 9.18 Å². The van der Waals surface area contributed by atoms with Crippen molar-refractivity contribution in [3.63, 3.8) is 0 Å². The van der Waals surface area contributed by atoms with E-state index in [1.165, 1.54) is 12.1 Å². The molecule has 0 atom stereocenters. The van der Waals surface area contributed by atoms with Crippen LogP contribution in [0.5, 0.6) is 0 Å². The Labute approximate surface area is 122 Å². The number of carbonyl (C=O) groups is 1. The quantitative estimate of drug-likeness (QED) is 0.856. The van der Waals surface area contributed by atoms with Gasteiger partial charge in [-0.3, -0.25) is 9.48 Å². The molecule has 1 amide bonds. The predicted molar refractivity (Wildman–Crippen MR) is 77.4 cm³/mol. The van der Waals surface area contributed by atoms with Crippen LogP contribution in [0, 0.1) is 5.82 Å². The molecule has 0 radical (unpaired) electrons. The second-order valence-corrected chi connectivity index (χ2v) is 5.05. The normalized spacial score (nSPS) is 15.3. The highest BCUT2D eigenvalue weighted by Crippen LogP contribution is 2.17. The summed E-state index contributed by atoms with van der Waals surface area (Å²) in [5.74, 6) is -0.165. The molecule has 5 nitrogen and oxygen atoms in total. The van der Waals surface area contributed by atoms with Crippen LogP contribution in [0.2, 0.25) is 0 Å². The maximum Gasteiger partial charge on any atom is 0.244 e. The number of amides is 1. The van der Waals surface area contributed by atoms with E-state index in [0.29, 0.717) is 26.2 Å².